The number of fused-ring (bicyclic) bond motifs is 4. The SMILES string of the molecule is C=C1CC2C[C@@H]3CCCC(C[C@@H](C)/C=C/[C@H](C)[C@H](/C=C/C=C\C=C(/C)CC(=O)OC)OC(=O)C[C@H](C1)O2)O3. The van der Waals surface area contributed by atoms with Crippen molar-refractivity contribution in [3.05, 3.63) is 60.3 Å². The van der Waals surface area contributed by atoms with Crippen molar-refractivity contribution in [1.82, 2.24) is 0 Å². The molecule has 2 fully saturated rings. The first-order chi connectivity index (χ1) is 18.2. The number of carbonyl (C=O) groups excluding carboxylic acids is 2. The van der Waals surface area contributed by atoms with Gasteiger partial charge in [0.15, 0.2) is 0 Å². The average molecular weight is 527 g/mol. The number of cyclic esters (lactones) is 1. The molecular formula is C32H46O6. The second kappa shape index (κ2) is 15.2. The van der Waals surface area contributed by atoms with E-state index < -0.39 is 6.10 Å². The standard InChI is InChI=1S/C32H46O6/c1-22(19-31(33)35-5)10-7-6-8-13-30-25(4)15-14-23(2)16-26-11-9-12-27(36-26)20-28-17-24(3)18-29(37-28)21-32(34)38-30/h6-8,10,13-15,23,25-30H,3,9,11-12,16-21H2,1-2,4-5H3/b7-6-,13-8+,15-14+,22-10+/t23-,25-,26?,27-,28?,29-,30-/m0/s1. The number of esters is 2. The summed E-state index contributed by atoms with van der Waals surface area (Å²) in [6.07, 6.45) is 20.9. The van der Waals surface area contributed by atoms with Crippen molar-refractivity contribution < 1.29 is 28.5 Å². The molecule has 4 bridgehead atoms. The van der Waals surface area contributed by atoms with Crippen LogP contribution in [0.15, 0.2) is 60.3 Å². The van der Waals surface area contributed by atoms with Gasteiger partial charge < -0.3 is 18.9 Å². The van der Waals surface area contributed by atoms with Crippen LogP contribution in [0.3, 0.4) is 0 Å². The molecule has 3 aliphatic heterocycles. The fraction of sp³-hybridized carbons (Fsp3) is 0.625. The van der Waals surface area contributed by atoms with Gasteiger partial charge in [-0.15, -0.1) is 0 Å². The van der Waals surface area contributed by atoms with Gasteiger partial charge in [0.05, 0.1) is 44.4 Å². The predicted octanol–water partition coefficient (Wildman–Crippen LogP) is 6.57. The van der Waals surface area contributed by atoms with E-state index in [-0.39, 0.29) is 55.1 Å². The first-order valence-electron chi connectivity index (χ1n) is 14.1. The summed E-state index contributed by atoms with van der Waals surface area (Å²) in [7, 11) is 1.38. The Labute approximate surface area is 228 Å². The molecule has 6 heteroatoms. The Bertz CT molecular complexity index is 928. The lowest BCUT2D eigenvalue weighted by molar-refractivity contribution is -0.154. The molecule has 6 nitrogen and oxygen atoms in total. The molecule has 0 aromatic carbocycles. The van der Waals surface area contributed by atoms with Gasteiger partial charge >= 0.3 is 11.9 Å². The van der Waals surface area contributed by atoms with Gasteiger partial charge in [0.1, 0.15) is 6.10 Å². The van der Waals surface area contributed by atoms with Gasteiger partial charge in [-0.05, 0) is 57.4 Å². The van der Waals surface area contributed by atoms with Gasteiger partial charge in [-0.25, -0.2) is 0 Å². The monoisotopic (exact) mass is 526 g/mol. The minimum Gasteiger partial charge on any atom is -0.469 e. The normalized spacial score (nSPS) is 34.7. The third-order valence-electron chi connectivity index (χ3n) is 7.49. The number of hydrogen-bond donors (Lipinski definition) is 0. The molecule has 0 aliphatic carbocycles. The molecule has 0 aromatic heterocycles. The first kappa shape index (κ1) is 30.1. The van der Waals surface area contributed by atoms with Crippen LogP contribution < -0.4 is 0 Å². The van der Waals surface area contributed by atoms with Crippen molar-refractivity contribution in [2.75, 3.05) is 7.11 Å². The summed E-state index contributed by atoms with van der Waals surface area (Å²) < 4.78 is 23.5. The molecule has 3 heterocycles. The van der Waals surface area contributed by atoms with Crippen molar-refractivity contribution in [3.8, 4) is 0 Å². The third-order valence-corrected chi connectivity index (χ3v) is 7.49. The Morgan fingerprint density at radius 3 is 2.47 bits per heavy atom. The summed E-state index contributed by atoms with van der Waals surface area (Å²) in [6, 6.07) is 0. The maximum atomic E-state index is 13.0. The maximum absolute atomic E-state index is 13.0. The van der Waals surface area contributed by atoms with Crippen LogP contribution in [0.5, 0.6) is 0 Å². The molecule has 2 saturated heterocycles. The summed E-state index contributed by atoms with van der Waals surface area (Å²) in [5, 5.41) is 0. The zero-order chi connectivity index (χ0) is 27.5. The number of rotatable bonds is 5. The zero-order valence-electron chi connectivity index (χ0n) is 23.6. The molecule has 0 aromatic rings. The molecule has 3 aliphatic rings. The van der Waals surface area contributed by atoms with Crippen LogP contribution in [-0.4, -0.2) is 49.6 Å². The van der Waals surface area contributed by atoms with E-state index in [2.05, 4.69) is 32.6 Å². The van der Waals surface area contributed by atoms with E-state index in [0.717, 1.165) is 43.3 Å². The Hall–Kier alpha value is -2.44. The van der Waals surface area contributed by atoms with Crippen LogP contribution in [-0.2, 0) is 28.5 Å². The summed E-state index contributed by atoms with van der Waals surface area (Å²) in [5.41, 5.74) is 2.04. The number of allylic oxidation sites excluding steroid dienone is 5. The minimum atomic E-state index is -0.401. The summed E-state index contributed by atoms with van der Waals surface area (Å²) in [6.45, 7) is 10.4. The van der Waals surface area contributed by atoms with Gasteiger partial charge in [0.2, 0.25) is 0 Å². The largest absolute Gasteiger partial charge is 0.469 e. The quantitative estimate of drug-likeness (QED) is 0.229. The second-order valence-corrected chi connectivity index (χ2v) is 11.2. The lowest BCUT2D eigenvalue weighted by atomic mass is 9.90. The van der Waals surface area contributed by atoms with Gasteiger partial charge in [-0.2, -0.15) is 0 Å². The van der Waals surface area contributed by atoms with E-state index in [9.17, 15) is 9.59 Å². The predicted molar refractivity (Wildman–Crippen MR) is 149 cm³/mol. The summed E-state index contributed by atoms with van der Waals surface area (Å²) in [4.78, 5) is 24.4. The van der Waals surface area contributed by atoms with Crippen molar-refractivity contribution in [3.63, 3.8) is 0 Å². The maximum Gasteiger partial charge on any atom is 0.309 e. The van der Waals surface area contributed by atoms with Crippen molar-refractivity contribution >= 4 is 11.9 Å². The number of hydrogen-bond acceptors (Lipinski definition) is 6. The smallest absolute Gasteiger partial charge is 0.309 e. The van der Waals surface area contributed by atoms with Crippen molar-refractivity contribution in [1.29, 1.82) is 0 Å². The highest BCUT2D eigenvalue weighted by Gasteiger charge is 2.32. The third kappa shape index (κ3) is 10.4. The Balaban J connectivity index is 1.73. The number of methoxy groups -OCH3 is 1. The molecule has 0 radical (unpaired) electrons. The highest BCUT2D eigenvalue weighted by molar-refractivity contribution is 5.72. The molecule has 3 rings (SSSR count). The molecule has 0 amide bonds. The first-order valence-corrected chi connectivity index (χ1v) is 14.1. The van der Waals surface area contributed by atoms with Crippen LogP contribution in [0.1, 0.15) is 78.6 Å². The fourth-order valence-corrected chi connectivity index (χ4v) is 5.47. The topological polar surface area (TPSA) is 71.1 Å². The van der Waals surface area contributed by atoms with E-state index in [1.807, 2.05) is 37.3 Å². The van der Waals surface area contributed by atoms with Gasteiger partial charge in [0, 0.05) is 12.3 Å². The number of carbonyl (C=O) groups is 2. The summed E-state index contributed by atoms with van der Waals surface area (Å²) in [5.74, 6) is -0.148. The molecular weight excluding hydrogens is 480 g/mol. The van der Waals surface area contributed by atoms with E-state index in [0.29, 0.717) is 12.3 Å². The molecule has 2 unspecified atom stereocenters. The van der Waals surface area contributed by atoms with Gasteiger partial charge in [-0.1, -0.05) is 68.0 Å². The Kier molecular flexibility index (Phi) is 12.1. The Morgan fingerprint density at radius 1 is 1.00 bits per heavy atom. The van der Waals surface area contributed by atoms with Crippen molar-refractivity contribution in [2.24, 2.45) is 11.8 Å². The lowest BCUT2D eigenvalue weighted by Gasteiger charge is -2.37. The zero-order valence-corrected chi connectivity index (χ0v) is 23.6. The van der Waals surface area contributed by atoms with Crippen LogP contribution >= 0.6 is 0 Å². The van der Waals surface area contributed by atoms with Gasteiger partial charge in [-0.3, -0.25) is 9.59 Å². The minimum absolute atomic E-state index is 0.00516. The van der Waals surface area contributed by atoms with E-state index in [4.69, 9.17) is 18.9 Å². The van der Waals surface area contributed by atoms with Crippen molar-refractivity contribution in [2.45, 2.75) is 109 Å². The van der Waals surface area contributed by atoms with Crippen LogP contribution in [0.4, 0.5) is 0 Å². The molecule has 0 saturated carbocycles. The van der Waals surface area contributed by atoms with Crippen LogP contribution in [0.25, 0.3) is 0 Å². The van der Waals surface area contributed by atoms with E-state index >= 15 is 0 Å². The average Bonchev–Trinajstić information content (AvgIpc) is 2.85. The van der Waals surface area contributed by atoms with E-state index in [1.165, 1.54) is 13.5 Å². The lowest BCUT2D eigenvalue weighted by Crippen LogP contribution is -2.37. The fourth-order valence-electron chi connectivity index (χ4n) is 5.47. The van der Waals surface area contributed by atoms with Crippen LogP contribution in [0.2, 0.25) is 0 Å². The highest BCUT2D eigenvalue weighted by atomic mass is 16.6. The second-order valence-electron chi connectivity index (χ2n) is 11.2. The molecule has 38 heavy (non-hydrogen) atoms. The highest BCUT2D eigenvalue weighted by Crippen LogP contribution is 2.33. The Morgan fingerprint density at radius 2 is 1.71 bits per heavy atom. The summed E-state index contributed by atoms with van der Waals surface area (Å²) >= 11 is 0. The molecule has 7 atom stereocenters. The van der Waals surface area contributed by atoms with Gasteiger partial charge in [0.25, 0.3) is 0 Å². The molecule has 210 valence electrons. The molecule has 0 N–H and O–H groups in total. The number of ether oxygens (including phenoxy) is 4. The van der Waals surface area contributed by atoms with E-state index in [1.54, 1.807) is 0 Å². The molecule has 0 spiro atoms. The van der Waals surface area contributed by atoms with Crippen LogP contribution in [0, 0.1) is 11.8 Å².